The summed E-state index contributed by atoms with van der Waals surface area (Å²) < 4.78 is 0.845. The fourth-order valence-electron chi connectivity index (χ4n) is 1.13. The van der Waals surface area contributed by atoms with Gasteiger partial charge in [-0.2, -0.15) is 0 Å². The Kier molecular flexibility index (Phi) is 3.69. The molecule has 3 heteroatoms. The molecule has 76 valence electrons. The van der Waals surface area contributed by atoms with Gasteiger partial charge in [0.15, 0.2) is 6.29 Å². The van der Waals surface area contributed by atoms with Gasteiger partial charge in [0.25, 0.3) is 0 Å². The van der Waals surface area contributed by atoms with Crippen LogP contribution < -0.4 is 4.90 Å². The molecule has 0 bridgehead atoms. The molecule has 0 fully saturated rings. The van der Waals surface area contributed by atoms with Crippen LogP contribution in [-0.4, -0.2) is 19.4 Å². The highest BCUT2D eigenvalue weighted by molar-refractivity contribution is 9.10. The minimum Gasteiger partial charge on any atom is -0.372 e. The Morgan fingerprint density at radius 1 is 1.43 bits per heavy atom. The van der Waals surface area contributed by atoms with Crippen molar-refractivity contribution in [2.75, 3.05) is 11.9 Å². The van der Waals surface area contributed by atoms with Crippen LogP contribution in [0.1, 0.15) is 24.2 Å². The van der Waals surface area contributed by atoms with E-state index in [9.17, 15) is 4.79 Å². The summed E-state index contributed by atoms with van der Waals surface area (Å²) in [6.07, 6.45) is 0.850. The number of aldehydes is 1. The molecule has 0 radical (unpaired) electrons. The van der Waals surface area contributed by atoms with Gasteiger partial charge in [-0.25, -0.2) is 0 Å². The number of nitrogens with zero attached hydrogens (tertiary/aromatic N) is 1. The number of halogens is 1. The molecule has 0 N–H and O–H groups in total. The molecule has 0 spiro atoms. The van der Waals surface area contributed by atoms with E-state index < -0.39 is 0 Å². The highest BCUT2D eigenvalue weighted by atomic mass is 79.9. The first-order chi connectivity index (χ1) is 6.56. The van der Waals surface area contributed by atoms with Crippen LogP contribution in [0.15, 0.2) is 22.7 Å². The summed E-state index contributed by atoms with van der Waals surface area (Å²) in [5.74, 6) is 0. The molecule has 0 aromatic heterocycles. The zero-order valence-electron chi connectivity index (χ0n) is 8.62. The Hall–Kier alpha value is -0.830. The number of carbonyl (C=O) groups is 1. The van der Waals surface area contributed by atoms with Crippen LogP contribution in [0.25, 0.3) is 0 Å². The van der Waals surface area contributed by atoms with Crippen molar-refractivity contribution in [2.45, 2.75) is 19.9 Å². The van der Waals surface area contributed by atoms with Crippen LogP contribution in [0.2, 0.25) is 0 Å². The maximum atomic E-state index is 10.6. The average molecular weight is 256 g/mol. The van der Waals surface area contributed by atoms with Crippen molar-refractivity contribution in [2.24, 2.45) is 0 Å². The van der Waals surface area contributed by atoms with E-state index in [2.05, 4.69) is 34.7 Å². The van der Waals surface area contributed by atoms with Crippen molar-refractivity contribution in [1.82, 2.24) is 0 Å². The number of hydrogen-bond acceptors (Lipinski definition) is 2. The molecule has 0 unspecified atom stereocenters. The Morgan fingerprint density at radius 3 is 2.50 bits per heavy atom. The van der Waals surface area contributed by atoms with Crippen molar-refractivity contribution in [3.63, 3.8) is 0 Å². The van der Waals surface area contributed by atoms with Crippen molar-refractivity contribution in [3.05, 3.63) is 28.2 Å². The van der Waals surface area contributed by atoms with Gasteiger partial charge < -0.3 is 4.90 Å². The predicted octanol–water partition coefficient (Wildman–Crippen LogP) is 3.11. The minimum atomic E-state index is 0.448. The van der Waals surface area contributed by atoms with Crippen LogP contribution in [0, 0.1) is 0 Å². The standard InChI is InChI=1S/C11H14BrNO/c1-8(2)13(3)10-5-4-9(7-14)11(12)6-10/h4-8H,1-3H3. The van der Waals surface area contributed by atoms with E-state index in [-0.39, 0.29) is 0 Å². The zero-order valence-corrected chi connectivity index (χ0v) is 10.2. The first kappa shape index (κ1) is 11.2. The summed E-state index contributed by atoms with van der Waals surface area (Å²) in [5, 5.41) is 0. The molecule has 0 atom stereocenters. The lowest BCUT2D eigenvalue weighted by molar-refractivity contribution is 0.112. The number of carbonyl (C=O) groups excluding carboxylic acids is 1. The monoisotopic (exact) mass is 255 g/mol. The van der Waals surface area contributed by atoms with Gasteiger partial charge in [0.2, 0.25) is 0 Å². The van der Waals surface area contributed by atoms with E-state index in [4.69, 9.17) is 0 Å². The third-order valence-corrected chi connectivity index (χ3v) is 2.98. The second-order valence-corrected chi connectivity index (χ2v) is 4.38. The normalized spacial score (nSPS) is 10.4. The Labute approximate surface area is 93.0 Å². The summed E-state index contributed by atoms with van der Waals surface area (Å²) in [6.45, 7) is 4.25. The number of benzene rings is 1. The van der Waals surface area contributed by atoms with Crippen LogP contribution in [0.5, 0.6) is 0 Å². The lowest BCUT2D eigenvalue weighted by atomic mass is 10.2. The van der Waals surface area contributed by atoms with Crippen LogP contribution in [0.4, 0.5) is 5.69 Å². The highest BCUT2D eigenvalue weighted by Gasteiger charge is 2.06. The molecule has 0 aliphatic rings. The molecule has 0 saturated heterocycles. The van der Waals surface area contributed by atoms with Gasteiger partial charge in [0, 0.05) is 28.8 Å². The van der Waals surface area contributed by atoms with Crippen molar-refractivity contribution < 1.29 is 4.79 Å². The zero-order chi connectivity index (χ0) is 10.7. The van der Waals surface area contributed by atoms with Gasteiger partial charge in [-0.05, 0) is 48.0 Å². The maximum Gasteiger partial charge on any atom is 0.151 e. The fourth-order valence-corrected chi connectivity index (χ4v) is 1.59. The van der Waals surface area contributed by atoms with E-state index in [1.807, 2.05) is 25.2 Å². The van der Waals surface area contributed by atoms with Gasteiger partial charge in [-0.1, -0.05) is 0 Å². The van der Waals surface area contributed by atoms with Crippen LogP contribution in [0.3, 0.4) is 0 Å². The second kappa shape index (κ2) is 4.60. The quantitative estimate of drug-likeness (QED) is 0.774. The summed E-state index contributed by atoms with van der Waals surface area (Å²) in [4.78, 5) is 12.8. The molecule has 0 heterocycles. The van der Waals surface area contributed by atoms with Crippen LogP contribution >= 0.6 is 15.9 Å². The second-order valence-electron chi connectivity index (χ2n) is 3.53. The molecule has 0 aliphatic carbocycles. The largest absolute Gasteiger partial charge is 0.372 e. The third kappa shape index (κ3) is 2.35. The molecule has 1 aromatic rings. The Balaban J connectivity index is 3.02. The first-order valence-electron chi connectivity index (χ1n) is 4.54. The number of rotatable bonds is 3. The van der Waals surface area contributed by atoms with Gasteiger partial charge in [0.05, 0.1) is 0 Å². The SMILES string of the molecule is CC(C)N(C)c1ccc(C=O)c(Br)c1. The third-order valence-electron chi connectivity index (χ3n) is 2.29. The molecule has 0 saturated carbocycles. The molecule has 14 heavy (non-hydrogen) atoms. The number of anilines is 1. The summed E-state index contributed by atoms with van der Waals surface area (Å²) in [6, 6.07) is 6.19. The van der Waals surface area contributed by atoms with E-state index in [1.165, 1.54) is 0 Å². The highest BCUT2D eigenvalue weighted by Crippen LogP contribution is 2.23. The molecule has 1 aromatic carbocycles. The molecule has 0 aliphatic heterocycles. The maximum absolute atomic E-state index is 10.6. The van der Waals surface area contributed by atoms with E-state index in [1.54, 1.807) is 0 Å². The number of hydrogen-bond donors (Lipinski definition) is 0. The van der Waals surface area contributed by atoms with E-state index >= 15 is 0 Å². The molecule has 1 rings (SSSR count). The Morgan fingerprint density at radius 2 is 2.07 bits per heavy atom. The van der Waals surface area contributed by atoms with Gasteiger partial charge in [-0.3, -0.25) is 4.79 Å². The lowest BCUT2D eigenvalue weighted by Gasteiger charge is -2.24. The molecular weight excluding hydrogens is 242 g/mol. The van der Waals surface area contributed by atoms with Gasteiger partial charge in [0.1, 0.15) is 0 Å². The van der Waals surface area contributed by atoms with Crippen LogP contribution in [-0.2, 0) is 0 Å². The average Bonchev–Trinajstić information content (AvgIpc) is 2.16. The van der Waals surface area contributed by atoms with E-state index in [0.29, 0.717) is 11.6 Å². The van der Waals surface area contributed by atoms with Gasteiger partial charge in [-0.15, -0.1) is 0 Å². The van der Waals surface area contributed by atoms with Crippen molar-refractivity contribution >= 4 is 27.9 Å². The first-order valence-corrected chi connectivity index (χ1v) is 5.33. The molecule has 2 nitrogen and oxygen atoms in total. The van der Waals surface area contributed by atoms with Gasteiger partial charge >= 0.3 is 0 Å². The van der Waals surface area contributed by atoms with Crippen molar-refractivity contribution in [1.29, 1.82) is 0 Å². The summed E-state index contributed by atoms with van der Waals surface area (Å²) in [7, 11) is 2.03. The summed E-state index contributed by atoms with van der Waals surface area (Å²) >= 11 is 3.37. The minimum absolute atomic E-state index is 0.448. The predicted molar refractivity (Wildman–Crippen MR) is 63.1 cm³/mol. The van der Waals surface area contributed by atoms with Crippen molar-refractivity contribution in [3.8, 4) is 0 Å². The van der Waals surface area contributed by atoms with E-state index in [0.717, 1.165) is 16.4 Å². The summed E-state index contributed by atoms with van der Waals surface area (Å²) in [5.41, 5.74) is 1.79. The Bertz CT molecular complexity index is 336. The fraction of sp³-hybridized carbons (Fsp3) is 0.364. The molecule has 0 amide bonds. The topological polar surface area (TPSA) is 20.3 Å². The molecular formula is C11H14BrNO. The lowest BCUT2D eigenvalue weighted by Crippen LogP contribution is -2.25. The smallest absolute Gasteiger partial charge is 0.151 e.